The fourth-order valence-corrected chi connectivity index (χ4v) is 2.50. The van der Waals surface area contributed by atoms with Gasteiger partial charge in [-0.15, -0.1) is 0 Å². The first-order chi connectivity index (χ1) is 12.3. The highest BCUT2D eigenvalue weighted by Crippen LogP contribution is 2.32. The van der Waals surface area contributed by atoms with Gasteiger partial charge in [0, 0.05) is 18.6 Å². The van der Waals surface area contributed by atoms with E-state index in [1.54, 1.807) is 0 Å². The van der Waals surface area contributed by atoms with Crippen molar-refractivity contribution in [3.63, 3.8) is 0 Å². The van der Waals surface area contributed by atoms with E-state index in [-0.39, 0.29) is 13.0 Å². The van der Waals surface area contributed by atoms with Gasteiger partial charge in [-0.3, -0.25) is 10.2 Å². The molecule has 0 aromatic heterocycles. The molecule has 0 fully saturated rings. The number of ketones is 1. The lowest BCUT2D eigenvalue weighted by molar-refractivity contribution is -0.137. The molecule has 0 radical (unpaired) electrons. The van der Waals surface area contributed by atoms with Crippen LogP contribution in [0.2, 0.25) is 0 Å². The van der Waals surface area contributed by atoms with Gasteiger partial charge in [-0.1, -0.05) is 39.0 Å². The molecule has 1 aromatic carbocycles. The summed E-state index contributed by atoms with van der Waals surface area (Å²) in [5.74, 6) is -1.83. The fraction of sp³-hybridized carbons (Fsp3) is 0.579. The van der Waals surface area contributed by atoms with E-state index in [2.05, 4.69) is 6.92 Å². The van der Waals surface area contributed by atoms with Gasteiger partial charge in [0.1, 0.15) is 11.5 Å². The van der Waals surface area contributed by atoms with E-state index in [4.69, 9.17) is 10.1 Å². The number of benzene rings is 1. The average Bonchev–Trinajstić information content (AvgIpc) is 2.58. The van der Waals surface area contributed by atoms with Crippen molar-refractivity contribution in [1.29, 1.82) is 5.41 Å². The van der Waals surface area contributed by atoms with Crippen molar-refractivity contribution in [3.05, 3.63) is 35.1 Å². The molecule has 0 amide bonds. The van der Waals surface area contributed by atoms with Crippen molar-refractivity contribution in [1.82, 2.24) is 0 Å². The van der Waals surface area contributed by atoms with E-state index in [9.17, 15) is 22.4 Å². The Morgan fingerprint density at radius 3 is 2.38 bits per heavy atom. The molecule has 1 aromatic rings. The Labute approximate surface area is 151 Å². The van der Waals surface area contributed by atoms with Crippen molar-refractivity contribution >= 4 is 11.5 Å². The van der Waals surface area contributed by atoms with Crippen LogP contribution >= 0.6 is 0 Å². The Balaban J connectivity index is 2.43. The van der Waals surface area contributed by atoms with E-state index in [0.29, 0.717) is 12.7 Å². The van der Waals surface area contributed by atoms with E-state index in [0.717, 1.165) is 31.4 Å². The number of halogens is 4. The lowest BCUT2D eigenvalue weighted by Gasteiger charge is -2.13. The quantitative estimate of drug-likeness (QED) is 0.296. The van der Waals surface area contributed by atoms with E-state index in [1.165, 1.54) is 19.3 Å². The third kappa shape index (κ3) is 7.64. The monoisotopic (exact) mass is 375 g/mol. The number of nitrogens with one attached hydrogen (secondary N) is 1. The minimum atomic E-state index is -4.84. The predicted molar refractivity (Wildman–Crippen MR) is 92.0 cm³/mol. The van der Waals surface area contributed by atoms with Crippen LogP contribution in [0.5, 0.6) is 0 Å². The standard InChI is InChI=1S/C19H25F4NO2/c1-2-3-4-5-6-7-11-26-12-10-17(25)18(24)15-9-8-14(20)13-16(15)19(21,22)23/h8-9,13,24H,2-7,10-12H2,1H3. The van der Waals surface area contributed by atoms with Gasteiger partial charge in [-0.05, 0) is 24.6 Å². The molecule has 0 heterocycles. The minimum Gasteiger partial charge on any atom is -0.381 e. The van der Waals surface area contributed by atoms with Crippen molar-refractivity contribution in [3.8, 4) is 0 Å². The van der Waals surface area contributed by atoms with Crippen LogP contribution in [-0.2, 0) is 15.7 Å². The second kappa shape index (κ2) is 11.1. The first-order valence-electron chi connectivity index (χ1n) is 8.84. The highest BCUT2D eigenvalue weighted by Gasteiger charge is 2.35. The predicted octanol–water partition coefficient (Wildman–Crippen LogP) is 5.55. The molecule has 0 aliphatic rings. The van der Waals surface area contributed by atoms with Crippen molar-refractivity contribution in [2.45, 2.75) is 58.0 Å². The average molecular weight is 375 g/mol. The van der Waals surface area contributed by atoms with Gasteiger partial charge in [-0.25, -0.2) is 4.39 Å². The second-order valence-corrected chi connectivity index (χ2v) is 6.12. The topological polar surface area (TPSA) is 50.2 Å². The molecule has 1 N–H and O–H groups in total. The molecule has 0 saturated carbocycles. The highest BCUT2D eigenvalue weighted by molar-refractivity contribution is 6.45. The summed E-state index contributed by atoms with van der Waals surface area (Å²) < 4.78 is 57.3. The van der Waals surface area contributed by atoms with Gasteiger partial charge in [0.15, 0.2) is 5.78 Å². The molecule has 0 saturated heterocycles. The third-order valence-electron chi connectivity index (χ3n) is 3.95. The molecule has 1 rings (SSSR count). The van der Waals surface area contributed by atoms with Gasteiger partial charge in [-0.2, -0.15) is 13.2 Å². The summed E-state index contributed by atoms with van der Waals surface area (Å²) in [5.41, 5.74) is -2.70. The Bertz CT molecular complexity index is 600. The van der Waals surface area contributed by atoms with Gasteiger partial charge in [0.05, 0.1) is 12.2 Å². The minimum absolute atomic E-state index is 0.0543. The highest BCUT2D eigenvalue weighted by atomic mass is 19.4. The number of unbranched alkanes of at least 4 members (excludes halogenated alkanes) is 5. The third-order valence-corrected chi connectivity index (χ3v) is 3.95. The number of rotatable bonds is 12. The molecule has 26 heavy (non-hydrogen) atoms. The molecule has 3 nitrogen and oxygen atoms in total. The Morgan fingerprint density at radius 2 is 1.73 bits per heavy atom. The molecule has 0 unspecified atom stereocenters. The summed E-state index contributed by atoms with van der Waals surface area (Å²) in [6, 6.07) is 1.92. The van der Waals surface area contributed by atoms with Crippen LogP contribution in [0.15, 0.2) is 18.2 Å². The number of carbonyl (C=O) groups excluding carboxylic acids is 1. The first kappa shape index (κ1) is 22.3. The molecular weight excluding hydrogens is 350 g/mol. The normalized spacial score (nSPS) is 11.6. The van der Waals surface area contributed by atoms with E-state index >= 15 is 0 Å². The molecule has 0 aliphatic carbocycles. The van der Waals surface area contributed by atoms with Gasteiger partial charge in [0.2, 0.25) is 0 Å². The number of hydrogen-bond donors (Lipinski definition) is 1. The number of ether oxygens (including phenoxy) is 1. The summed E-state index contributed by atoms with van der Waals surface area (Å²) in [6.07, 6.45) is 1.59. The number of alkyl halides is 3. The van der Waals surface area contributed by atoms with Crippen molar-refractivity contribution in [2.24, 2.45) is 0 Å². The van der Waals surface area contributed by atoms with Crippen molar-refractivity contribution < 1.29 is 27.1 Å². The molecule has 0 aliphatic heterocycles. The Morgan fingerprint density at radius 1 is 1.08 bits per heavy atom. The molecule has 0 bridgehead atoms. The van der Waals surface area contributed by atoms with E-state index in [1.807, 2.05) is 0 Å². The van der Waals surface area contributed by atoms with Crippen LogP contribution < -0.4 is 0 Å². The summed E-state index contributed by atoms with van der Waals surface area (Å²) in [5, 5.41) is 7.71. The van der Waals surface area contributed by atoms with Crippen LogP contribution in [0, 0.1) is 11.2 Å². The Kier molecular flexibility index (Phi) is 9.48. The first-order valence-corrected chi connectivity index (χ1v) is 8.84. The fourth-order valence-electron chi connectivity index (χ4n) is 2.50. The molecule has 146 valence electrons. The van der Waals surface area contributed by atoms with E-state index < -0.39 is 34.6 Å². The van der Waals surface area contributed by atoms with Gasteiger partial charge in [0.25, 0.3) is 0 Å². The summed E-state index contributed by atoms with van der Waals surface area (Å²) in [7, 11) is 0. The lowest BCUT2D eigenvalue weighted by Crippen LogP contribution is -2.21. The smallest absolute Gasteiger partial charge is 0.381 e. The lowest BCUT2D eigenvalue weighted by atomic mass is 9.98. The van der Waals surface area contributed by atoms with Crippen LogP contribution in [0.3, 0.4) is 0 Å². The summed E-state index contributed by atoms with van der Waals surface area (Å²) in [4.78, 5) is 11.9. The molecule has 7 heteroatoms. The summed E-state index contributed by atoms with van der Waals surface area (Å²) in [6.45, 7) is 2.68. The number of carbonyl (C=O) groups is 1. The Hall–Kier alpha value is -1.76. The molecular formula is C19H25F4NO2. The zero-order valence-corrected chi connectivity index (χ0v) is 14.9. The zero-order chi connectivity index (χ0) is 19.6. The number of hydrogen-bond acceptors (Lipinski definition) is 3. The SMILES string of the molecule is CCCCCCCCOCCC(=O)C(=N)c1ccc(F)cc1C(F)(F)F. The van der Waals surface area contributed by atoms with Crippen LogP contribution in [0.25, 0.3) is 0 Å². The zero-order valence-electron chi connectivity index (χ0n) is 14.9. The van der Waals surface area contributed by atoms with Gasteiger partial charge < -0.3 is 4.74 Å². The maximum Gasteiger partial charge on any atom is 0.417 e. The molecule has 0 atom stereocenters. The van der Waals surface area contributed by atoms with Gasteiger partial charge >= 0.3 is 6.18 Å². The van der Waals surface area contributed by atoms with Crippen molar-refractivity contribution in [2.75, 3.05) is 13.2 Å². The van der Waals surface area contributed by atoms with Crippen LogP contribution in [0.4, 0.5) is 17.6 Å². The molecule has 0 spiro atoms. The number of Topliss-reactive ketones (excluding diaryl/α,β-unsaturated/α-hetero) is 1. The second-order valence-electron chi connectivity index (χ2n) is 6.12. The summed E-state index contributed by atoms with van der Waals surface area (Å²) >= 11 is 0. The maximum absolute atomic E-state index is 13.1. The maximum atomic E-state index is 13.1. The van der Waals surface area contributed by atoms with Crippen LogP contribution in [0.1, 0.15) is 63.0 Å². The largest absolute Gasteiger partial charge is 0.417 e. The van der Waals surface area contributed by atoms with Crippen LogP contribution in [-0.4, -0.2) is 24.7 Å².